The zero-order valence-corrected chi connectivity index (χ0v) is 13.1. The first-order valence-corrected chi connectivity index (χ1v) is 7.44. The molecule has 2 N–H and O–H groups in total. The minimum absolute atomic E-state index is 0.00708. The van der Waals surface area contributed by atoms with Gasteiger partial charge in [-0.15, -0.1) is 0 Å². The van der Waals surface area contributed by atoms with Crippen LogP contribution in [0.1, 0.15) is 30.6 Å². The van der Waals surface area contributed by atoms with Crippen LogP contribution in [0.3, 0.4) is 0 Å². The summed E-state index contributed by atoms with van der Waals surface area (Å²) in [5, 5.41) is 15.1. The Morgan fingerprint density at radius 2 is 2.12 bits per heavy atom. The van der Waals surface area contributed by atoms with Crippen molar-refractivity contribution in [3.8, 4) is 5.75 Å². The quantitative estimate of drug-likeness (QED) is 0.765. The van der Waals surface area contributed by atoms with Gasteiger partial charge in [0, 0.05) is 12.1 Å². The van der Waals surface area contributed by atoms with Crippen molar-refractivity contribution in [1.29, 1.82) is 0 Å². The summed E-state index contributed by atoms with van der Waals surface area (Å²) in [5.74, 6) is 0.775. The largest absolute Gasteiger partial charge is 0.491 e. The lowest BCUT2D eigenvalue weighted by atomic mass is 10.1. The average molecular weight is 345 g/mol. The summed E-state index contributed by atoms with van der Waals surface area (Å²) in [6.45, 7) is 1.61. The van der Waals surface area contributed by atoms with E-state index in [0.29, 0.717) is 12.3 Å². The Balaban J connectivity index is 2.12. The lowest BCUT2D eigenvalue weighted by Crippen LogP contribution is -2.12. The number of aryl methyl sites for hydroxylation is 1. The maximum Gasteiger partial charge on any atom is 0.418 e. The molecule has 9 heteroatoms. The van der Waals surface area contributed by atoms with Crippen molar-refractivity contribution >= 4 is 5.69 Å². The van der Waals surface area contributed by atoms with Gasteiger partial charge in [-0.2, -0.15) is 18.2 Å². The summed E-state index contributed by atoms with van der Waals surface area (Å²) in [6.07, 6.45) is -3.09. The van der Waals surface area contributed by atoms with Crippen LogP contribution in [-0.2, 0) is 19.1 Å². The molecule has 6 nitrogen and oxygen atoms in total. The average Bonchev–Trinajstić information content (AvgIpc) is 2.98. The highest BCUT2D eigenvalue weighted by atomic mass is 19.4. The van der Waals surface area contributed by atoms with E-state index in [1.165, 1.54) is 12.1 Å². The van der Waals surface area contributed by atoms with Gasteiger partial charge in [0.2, 0.25) is 5.89 Å². The fraction of sp³-hybridized carbons (Fsp3) is 0.467. The van der Waals surface area contributed by atoms with Gasteiger partial charge >= 0.3 is 6.18 Å². The molecule has 0 spiro atoms. The molecule has 1 aromatic heterocycles. The Morgan fingerprint density at radius 1 is 1.33 bits per heavy atom. The highest BCUT2D eigenvalue weighted by Gasteiger charge is 2.34. The number of hydrogen-bond donors (Lipinski definition) is 2. The van der Waals surface area contributed by atoms with Crippen LogP contribution in [0.2, 0.25) is 0 Å². The van der Waals surface area contributed by atoms with Crippen LogP contribution >= 0.6 is 0 Å². The molecule has 0 aliphatic heterocycles. The van der Waals surface area contributed by atoms with E-state index in [1.54, 1.807) is 0 Å². The number of ether oxygens (including phenoxy) is 1. The molecule has 24 heavy (non-hydrogen) atoms. The number of hydrogen-bond acceptors (Lipinski definition) is 6. The van der Waals surface area contributed by atoms with Crippen molar-refractivity contribution < 1.29 is 27.5 Å². The van der Waals surface area contributed by atoms with Gasteiger partial charge in [0.25, 0.3) is 0 Å². The lowest BCUT2D eigenvalue weighted by molar-refractivity contribution is -0.137. The summed E-state index contributed by atoms with van der Waals surface area (Å²) in [5.41, 5.74) is -0.976. The van der Waals surface area contributed by atoms with Crippen LogP contribution in [0.4, 0.5) is 18.9 Å². The van der Waals surface area contributed by atoms with Gasteiger partial charge in [0.1, 0.15) is 12.4 Å². The van der Waals surface area contributed by atoms with E-state index in [9.17, 15) is 13.2 Å². The van der Waals surface area contributed by atoms with Crippen LogP contribution in [0.15, 0.2) is 22.7 Å². The minimum atomic E-state index is -4.55. The molecule has 2 aromatic rings. The molecule has 2 rings (SSSR count). The molecule has 1 heterocycles. The van der Waals surface area contributed by atoms with Crippen LogP contribution in [0.5, 0.6) is 5.75 Å². The molecule has 0 bridgehead atoms. The van der Waals surface area contributed by atoms with Crippen molar-refractivity contribution in [2.45, 2.75) is 32.5 Å². The molecule has 0 radical (unpaired) electrons. The third-order valence-electron chi connectivity index (χ3n) is 3.07. The van der Waals surface area contributed by atoms with E-state index in [1.807, 2.05) is 6.92 Å². The first-order chi connectivity index (χ1) is 11.4. The SMILES string of the molecule is CCCc1nc(CNc2ccc(OCCO)cc2C(F)(F)F)no1. The maximum atomic E-state index is 13.2. The number of aliphatic hydroxyl groups excluding tert-OH is 1. The summed E-state index contributed by atoms with van der Waals surface area (Å²) >= 11 is 0. The third kappa shape index (κ3) is 4.85. The topological polar surface area (TPSA) is 80.4 Å². The Hall–Kier alpha value is -2.29. The Labute approximate surface area is 136 Å². The van der Waals surface area contributed by atoms with E-state index < -0.39 is 11.7 Å². The number of alkyl halides is 3. The fourth-order valence-corrected chi connectivity index (χ4v) is 2.02. The van der Waals surface area contributed by atoms with Crippen molar-refractivity contribution in [3.63, 3.8) is 0 Å². The molecule has 0 saturated heterocycles. The predicted octanol–water partition coefficient (Wildman–Crippen LogP) is 3.02. The summed E-state index contributed by atoms with van der Waals surface area (Å²) in [7, 11) is 0. The van der Waals surface area contributed by atoms with Gasteiger partial charge in [-0.1, -0.05) is 12.1 Å². The monoisotopic (exact) mass is 345 g/mol. The summed E-state index contributed by atoms with van der Waals surface area (Å²) < 4.78 is 49.6. The second-order valence-electron chi connectivity index (χ2n) is 4.99. The summed E-state index contributed by atoms with van der Waals surface area (Å²) in [4.78, 5) is 4.09. The van der Waals surface area contributed by atoms with Gasteiger partial charge in [0.05, 0.1) is 18.7 Å². The van der Waals surface area contributed by atoms with Crippen molar-refractivity contribution in [2.75, 3.05) is 18.5 Å². The van der Waals surface area contributed by atoms with Gasteiger partial charge < -0.3 is 19.7 Å². The van der Waals surface area contributed by atoms with Gasteiger partial charge in [0.15, 0.2) is 5.82 Å². The van der Waals surface area contributed by atoms with Crippen molar-refractivity contribution in [1.82, 2.24) is 10.1 Å². The Morgan fingerprint density at radius 3 is 2.79 bits per heavy atom. The minimum Gasteiger partial charge on any atom is -0.491 e. The molecule has 0 fully saturated rings. The Bertz CT molecular complexity index is 659. The first kappa shape index (κ1) is 18.1. The van der Waals surface area contributed by atoms with E-state index in [0.717, 1.165) is 12.5 Å². The molecule has 0 aliphatic carbocycles. The van der Waals surface area contributed by atoms with Gasteiger partial charge in [-0.3, -0.25) is 0 Å². The van der Waals surface area contributed by atoms with Crippen LogP contribution < -0.4 is 10.1 Å². The van der Waals surface area contributed by atoms with E-state index in [-0.39, 0.29) is 37.0 Å². The molecule has 0 unspecified atom stereocenters. The third-order valence-corrected chi connectivity index (χ3v) is 3.07. The van der Waals surface area contributed by atoms with Crippen molar-refractivity contribution in [2.24, 2.45) is 0 Å². The second-order valence-corrected chi connectivity index (χ2v) is 4.99. The first-order valence-electron chi connectivity index (χ1n) is 7.44. The van der Waals surface area contributed by atoms with Crippen LogP contribution in [0.25, 0.3) is 0 Å². The maximum absolute atomic E-state index is 13.2. The Kier molecular flexibility index (Phi) is 6.02. The molecule has 1 aromatic carbocycles. The van der Waals surface area contributed by atoms with Crippen LogP contribution in [0, 0.1) is 0 Å². The van der Waals surface area contributed by atoms with E-state index >= 15 is 0 Å². The number of aliphatic hydroxyl groups is 1. The highest BCUT2D eigenvalue weighted by molar-refractivity contribution is 5.55. The number of benzene rings is 1. The number of rotatable bonds is 8. The molecular weight excluding hydrogens is 327 g/mol. The normalized spacial score (nSPS) is 11.5. The van der Waals surface area contributed by atoms with Gasteiger partial charge in [-0.25, -0.2) is 0 Å². The second kappa shape index (κ2) is 8.00. The fourth-order valence-electron chi connectivity index (χ4n) is 2.02. The number of anilines is 1. The lowest BCUT2D eigenvalue weighted by Gasteiger charge is -2.15. The number of nitrogens with one attached hydrogen (secondary N) is 1. The van der Waals surface area contributed by atoms with E-state index in [2.05, 4.69) is 15.5 Å². The standard InChI is InChI=1S/C15H18F3N3O3/c1-2-3-14-20-13(21-24-14)9-19-12-5-4-10(23-7-6-22)8-11(12)15(16,17)18/h4-5,8,19,22H,2-3,6-7,9H2,1H3. The number of aromatic nitrogens is 2. The number of nitrogens with zero attached hydrogens (tertiary/aromatic N) is 2. The highest BCUT2D eigenvalue weighted by Crippen LogP contribution is 2.37. The molecule has 0 atom stereocenters. The van der Waals surface area contributed by atoms with E-state index in [4.69, 9.17) is 14.4 Å². The molecule has 132 valence electrons. The smallest absolute Gasteiger partial charge is 0.418 e. The molecule has 0 saturated carbocycles. The van der Waals surface area contributed by atoms with Crippen LogP contribution in [-0.4, -0.2) is 28.5 Å². The number of halogens is 3. The summed E-state index contributed by atoms with van der Waals surface area (Å²) in [6, 6.07) is 3.55. The zero-order chi connectivity index (χ0) is 17.6. The molecule has 0 amide bonds. The van der Waals surface area contributed by atoms with Crippen molar-refractivity contribution in [3.05, 3.63) is 35.5 Å². The molecule has 0 aliphatic rings. The van der Waals surface area contributed by atoms with Gasteiger partial charge in [-0.05, 0) is 24.6 Å². The zero-order valence-electron chi connectivity index (χ0n) is 13.1. The molecular formula is C15H18F3N3O3. The predicted molar refractivity (Wildman–Crippen MR) is 79.6 cm³/mol.